The Hall–Kier alpha value is -3.61. The van der Waals surface area contributed by atoms with Crippen LogP contribution < -0.4 is 11.1 Å². The number of anilines is 3. The molecule has 0 aliphatic rings. The van der Waals surface area contributed by atoms with Gasteiger partial charge in [-0.15, -0.1) is 10.2 Å². The minimum atomic E-state index is 0.213. The van der Waals surface area contributed by atoms with Crippen LogP contribution in [-0.4, -0.2) is 25.5 Å². The first kappa shape index (κ1) is 14.0. The lowest BCUT2D eigenvalue weighted by molar-refractivity contribution is 0.475. The molecule has 118 valence electrons. The summed E-state index contributed by atoms with van der Waals surface area (Å²) in [7, 11) is 0. The molecule has 7 heteroatoms. The van der Waals surface area contributed by atoms with Crippen LogP contribution in [0.5, 0.6) is 5.75 Å². The highest BCUT2D eigenvalue weighted by Gasteiger charge is 2.15. The predicted molar refractivity (Wildman–Crippen MR) is 92.9 cm³/mol. The number of phenols is 1. The van der Waals surface area contributed by atoms with Crippen molar-refractivity contribution in [2.45, 2.75) is 0 Å². The summed E-state index contributed by atoms with van der Waals surface area (Å²) in [5, 5.41) is 25.5. The van der Waals surface area contributed by atoms with Gasteiger partial charge in [0, 0.05) is 23.1 Å². The number of para-hydroxylation sites is 1. The number of aromatic hydroxyl groups is 1. The molecule has 24 heavy (non-hydrogen) atoms. The number of aromatic amines is 1. The highest BCUT2D eigenvalue weighted by molar-refractivity contribution is 6.03. The first-order chi connectivity index (χ1) is 11.7. The zero-order valence-electron chi connectivity index (χ0n) is 12.6. The molecule has 0 saturated carbocycles. The molecular formula is C17H14N6O. The summed E-state index contributed by atoms with van der Waals surface area (Å²) in [4.78, 5) is 3.08. The van der Waals surface area contributed by atoms with Crippen molar-refractivity contribution in [2.24, 2.45) is 0 Å². The highest BCUT2D eigenvalue weighted by Crippen LogP contribution is 2.34. The van der Waals surface area contributed by atoms with Crippen molar-refractivity contribution in [3.05, 3.63) is 54.7 Å². The largest absolute Gasteiger partial charge is 0.508 e. The summed E-state index contributed by atoms with van der Waals surface area (Å²) >= 11 is 0. The van der Waals surface area contributed by atoms with Crippen LogP contribution >= 0.6 is 0 Å². The number of nitrogen functional groups attached to an aromatic ring is 1. The Morgan fingerprint density at radius 1 is 1.00 bits per heavy atom. The van der Waals surface area contributed by atoms with E-state index in [0.29, 0.717) is 17.0 Å². The molecule has 0 saturated heterocycles. The number of phenolic OH excluding ortho intramolecular Hbond substituents is 1. The van der Waals surface area contributed by atoms with E-state index in [0.717, 1.165) is 22.3 Å². The molecule has 4 aromatic rings. The molecule has 0 aliphatic carbocycles. The van der Waals surface area contributed by atoms with E-state index in [4.69, 9.17) is 5.73 Å². The van der Waals surface area contributed by atoms with Crippen molar-refractivity contribution in [1.82, 2.24) is 20.4 Å². The van der Waals surface area contributed by atoms with Crippen molar-refractivity contribution in [3.8, 4) is 17.0 Å². The molecular weight excluding hydrogens is 304 g/mol. The Labute approximate surface area is 137 Å². The van der Waals surface area contributed by atoms with E-state index in [1.54, 1.807) is 30.5 Å². The van der Waals surface area contributed by atoms with Crippen molar-refractivity contribution in [1.29, 1.82) is 0 Å². The minimum Gasteiger partial charge on any atom is -0.508 e. The van der Waals surface area contributed by atoms with Crippen LogP contribution in [0.25, 0.3) is 22.3 Å². The number of nitrogens with one attached hydrogen (secondary N) is 2. The van der Waals surface area contributed by atoms with Gasteiger partial charge in [0.25, 0.3) is 0 Å². The summed E-state index contributed by atoms with van der Waals surface area (Å²) in [5.74, 6) is 0.213. The zero-order valence-corrected chi connectivity index (χ0v) is 12.6. The third kappa shape index (κ3) is 2.38. The molecule has 2 aromatic heterocycles. The van der Waals surface area contributed by atoms with E-state index in [2.05, 4.69) is 25.7 Å². The second-order valence-electron chi connectivity index (χ2n) is 5.32. The minimum absolute atomic E-state index is 0.213. The number of nitrogens with two attached hydrogens (primary N) is 1. The average molecular weight is 318 g/mol. The van der Waals surface area contributed by atoms with Gasteiger partial charge in [-0.2, -0.15) is 0 Å². The number of aromatic nitrogens is 4. The Kier molecular flexibility index (Phi) is 3.24. The van der Waals surface area contributed by atoms with Gasteiger partial charge < -0.3 is 21.1 Å². The number of fused-ring (bicyclic) bond motifs is 1. The molecule has 5 N–H and O–H groups in total. The van der Waals surface area contributed by atoms with Crippen LogP contribution in [0.3, 0.4) is 0 Å². The van der Waals surface area contributed by atoms with Gasteiger partial charge in [0.15, 0.2) is 5.65 Å². The van der Waals surface area contributed by atoms with Crippen molar-refractivity contribution in [2.75, 3.05) is 11.1 Å². The zero-order chi connectivity index (χ0) is 16.5. The molecule has 2 aromatic carbocycles. The van der Waals surface area contributed by atoms with Gasteiger partial charge >= 0.3 is 0 Å². The van der Waals surface area contributed by atoms with Crippen molar-refractivity contribution < 1.29 is 5.11 Å². The quantitative estimate of drug-likeness (QED) is 0.341. The molecule has 0 fully saturated rings. The van der Waals surface area contributed by atoms with Gasteiger partial charge in [0.05, 0.1) is 11.1 Å². The van der Waals surface area contributed by atoms with E-state index in [1.807, 2.05) is 24.3 Å². The summed E-state index contributed by atoms with van der Waals surface area (Å²) in [6.07, 6.45) is 1.80. The van der Waals surface area contributed by atoms with E-state index < -0.39 is 0 Å². The van der Waals surface area contributed by atoms with Crippen molar-refractivity contribution in [3.63, 3.8) is 0 Å². The van der Waals surface area contributed by atoms with Gasteiger partial charge in [-0.25, -0.2) is 0 Å². The average Bonchev–Trinajstić information content (AvgIpc) is 3.01. The van der Waals surface area contributed by atoms with Crippen LogP contribution in [0, 0.1) is 0 Å². The number of hydrogen-bond acceptors (Lipinski definition) is 6. The number of benzene rings is 2. The Morgan fingerprint density at radius 3 is 2.58 bits per heavy atom. The Bertz CT molecular complexity index is 1010. The maximum atomic E-state index is 9.40. The fourth-order valence-electron chi connectivity index (χ4n) is 2.59. The van der Waals surface area contributed by atoms with Gasteiger partial charge in [-0.05, 0) is 35.5 Å². The fraction of sp³-hybridized carbons (Fsp3) is 0. The SMILES string of the molecule is Nc1ccccc1-c1nnnc2[nH]cc(Nc3ccc(O)cc3)c12. The summed E-state index contributed by atoms with van der Waals surface area (Å²) < 4.78 is 0. The lowest BCUT2D eigenvalue weighted by Gasteiger charge is -2.08. The molecule has 7 nitrogen and oxygen atoms in total. The lowest BCUT2D eigenvalue weighted by atomic mass is 10.1. The summed E-state index contributed by atoms with van der Waals surface area (Å²) in [6, 6.07) is 14.3. The van der Waals surface area contributed by atoms with Crippen LogP contribution in [0.4, 0.5) is 17.1 Å². The van der Waals surface area contributed by atoms with Crippen LogP contribution in [0.1, 0.15) is 0 Å². The van der Waals surface area contributed by atoms with Crippen LogP contribution in [0.15, 0.2) is 54.7 Å². The van der Waals surface area contributed by atoms with Gasteiger partial charge in [0.1, 0.15) is 11.4 Å². The van der Waals surface area contributed by atoms with E-state index in [9.17, 15) is 5.11 Å². The monoisotopic (exact) mass is 318 g/mol. The van der Waals surface area contributed by atoms with E-state index >= 15 is 0 Å². The number of hydrogen-bond donors (Lipinski definition) is 4. The number of rotatable bonds is 3. The fourth-order valence-corrected chi connectivity index (χ4v) is 2.59. The van der Waals surface area contributed by atoms with Gasteiger partial charge in [0.2, 0.25) is 0 Å². The Balaban J connectivity index is 1.86. The van der Waals surface area contributed by atoms with E-state index in [-0.39, 0.29) is 5.75 Å². The van der Waals surface area contributed by atoms with Crippen LogP contribution in [0.2, 0.25) is 0 Å². The van der Waals surface area contributed by atoms with Crippen LogP contribution in [-0.2, 0) is 0 Å². The molecule has 0 amide bonds. The molecule has 0 atom stereocenters. The van der Waals surface area contributed by atoms with Gasteiger partial charge in [-0.1, -0.05) is 18.2 Å². The normalized spacial score (nSPS) is 10.8. The third-order valence-electron chi connectivity index (χ3n) is 3.75. The summed E-state index contributed by atoms with van der Waals surface area (Å²) in [5.41, 5.74) is 10.4. The second-order valence-corrected chi connectivity index (χ2v) is 5.32. The molecule has 0 bridgehead atoms. The molecule has 0 aliphatic heterocycles. The maximum absolute atomic E-state index is 9.40. The predicted octanol–water partition coefficient (Wildman–Crippen LogP) is 3.05. The van der Waals surface area contributed by atoms with Crippen molar-refractivity contribution >= 4 is 28.1 Å². The summed E-state index contributed by atoms with van der Waals surface area (Å²) in [6.45, 7) is 0. The second kappa shape index (κ2) is 5.54. The first-order valence-electron chi connectivity index (χ1n) is 7.34. The third-order valence-corrected chi connectivity index (χ3v) is 3.75. The molecule has 0 unspecified atom stereocenters. The molecule has 2 heterocycles. The van der Waals surface area contributed by atoms with E-state index in [1.165, 1.54) is 0 Å². The number of H-pyrrole nitrogens is 1. The maximum Gasteiger partial charge on any atom is 0.166 e. The molecule has 0 spiro atoms. The lowest BCUT2D eigenvalue weighted by Crippen LogP contribution is -1.97. The standard InChI is InChI=1S/C17H14N6O/c18-13-4-2-1-3-12(13)16-15-14(9-19-17(15)22-23-21-16)20-10-5-7-11(24)8-6-10/h1-9,20,24H,18H2,(H,19,21,22). The van der Waals surface area contributed by atoms with Gasteiger partial charge in [-0.3, -0.25) is 0 Å². The smallest absolute Gasteiger partial charge is 0.166 e. The Morgan fingerprint density at radius 2 is 1.79 bits per heavy atom. The highest BCUT2D eigenvalue weighted by atomic mass is 16.3. The molecule has 0 radical (unpaired) electrons. The first-order valence-corrected chi connectivity index (χ1v) is 7.34. The number of nitrogens with zero attached hydrogens (tertiary/aromatic N) is 3. The topological polar surface area (TPSA) is 113 Å². The molecule has 4 rings (SSSR count).